The van der Waals surface area contributed by atoms with Crippen LogP contribution in [0.15, 0.2) is 36.1 Å². The van der Waals surface area contributed by atoms with E-state index in [0.717, 1.165) is 5.69 Å². The van der Waals surface area contributed by atoms with Gasteiger partial charge in [0, 0.05) is 11.6 Å². The zero-order chi connectivity index (χ0) is 11.1. The van der Waals surface area contributed by atoms with Gasteiger partial charge < -0.3 is 0 Å². The lowest BCUT2D eigenvalue weighted by molar-refractivity contribution is 0.654. The second kappa shape index (κ2) is 3.34. The van der Waals surface area contributed by atoms with Crippen LogP contribution < -0.4 is 0 Å². The fraction of sp³-hybridized carbons (Fsp3) is 0.357. The van der Waals surface area contributed by atoms with E-state index in [4.69, 9.17) is 0 Å². The first-order chi connectivity index (χ1) is 6.99. The lowest BCUT2D eigenvalue weighted by atomic mass is 9.85. The SMILES string of the molecule is CC1=CC(C)(C)C(c2cc(C)ccn2)=C1. The topological polar surface area (TPSA) is 12.9 Å². The first kappa shape index (κ1) is 10.2. The van der Waals surface area contributed by atoms with E-state index in [1.165, 1.54) is 16.7 Å². The van der Waals surface area contributed by atoms with Gasteiger partial charge in [0.2, 0.25) is 0 Å². The van der Waals surface area contributed by atoms with Gasteiger partial charge in [0.05, 0.1) is 5.69 Å². The molecule has 78 valence electrons. The molecule has 0 spiro atoms. The monoisotopic (exact) mass is 199 g/mol. The van der Waals surface area contributed by atoms with Crippen molar-refractivity contribution in [1.29, 1.82) is 0 Å². The molecule has 0 saturated carbocycles. The molecule has 0 aromatic carbocycles. The van der Waals surface area contributed by atoms with Gasteiger partial charge in [0.25, 0.3) is 0 Å². The molecule has 0 bridgehead atoms. The number of pyridine rings is 1. The van der Waals surface area contributed by atoms with E-state index in [0.29, 0.717) is 0 Å². The number of aryl methyl sites for hydroxylation is 1. The highest BCUT2D eigenvalue weighted by Gasteiger charge is 2.27. The zero-order valence-electron chi connectivity index (χ0n) is 9.83. The second-order valence-corrected chi connectivity index (χ2v) is 4.89. The first-order valence-electron chi connectivity index (χ1n) is 5.34. The van der Waals surface area contributed by atoms with Crippen molar-refractivity contribution >= 4 is 5.57 Å². The summed E-state index contributed by atoms with van der Waals surface area (Å²) in [7, 11) is 0. The van der Waals surface area contributed by atoms with Gasteiger partial charge >= 0.3 is 0 Å². The summed E-state index contributed by atoms with van der Waals surface area (Å²) in [5.41, 5.74) is 5.14. The van der Waals surface area contributed by atoms with E-state index in [-0.39, 0.29) is 5.41 Å². The molecule has 0 fully saturated rings. The van der Waals surface area contributed by atoms with Crippen LogP contribution in [0.4, 0.5) is 0 Å². The molecule has 1 heteroatoms. The van der Waals surface area contributed by atoms with Crippen LogP contribution in [-0.4, -0.2) is 4.98 Å². The third-order valence-electron chi connectivity index (χ3n) is 2.85. The van der Waals surface area contributed by atoms with Crippen molar-refractivity contribution in [2.24, 2.45) is 5.41 Å². The van der Waals surface area contributed by atoms with E-state index >= 15 is 0 Å². The maximum absolute atomic E-state index is 4.45. The van der Waals surface area contributed by atoms with Crippen LogP contribution >= 0.6 is 0 Å². The minimum absolute atomic E-state index is 0.116. The van der Waals surface area contributed by atoms with Gasteiger partial charge in [0.1, 0.15) is 0 Å². The van der Waals surface area contributed by atoms with Crippen LogP contribution in [0.5, 0.6) is 0 Å². The lowest BCUT2D eigenvalue weighted by Crippen LogP contribution is -2.08. The Morgan fingerprint density at radius 3 is 2.47 bits per heavy atom. The summed E-state index contributed by atoms with van der Waals surface area (Å²) < 4.78 is 0. The molecule has 1 aromatic rings. The summed E-state index contributed by atoms with van der Waals surface area (Å²) in [5.74, 6) is 0. The summed E-state index contributed by atoms with van der Waals surface area (Å²) in [6.07, 6.45) is 6.42. The van der Waals surface area contributed by atoms with Crippen molar-refractivity contribution < 1.29 is 0 Å². The van der Waals surface area contributed by atoms with Crippen LogP contribution in [-0.2, 0) is 0 Å². The Bertz CT molecular complexity index is 450. The lowest BCUT2D eigenvalue weighted by Gasteiger charge is -2.20. The van der Waals surface area contributed by atoms with Crippen LogP contribution in [0.25, 0.3) is 5.57 Å². The summed E-state index contributed by atoms with van der Waals surface area (Å²) in [4.78, 5) is 4.45. The molecule has 2 rings (SSSR count). The van der Waals surface area contributed by atoms with E-state index < -0.39 is 0 Å². The van der Waals surface area contributed by atoms with Gasteiger partial charge in [-0.3, -0.25) is 4.98 Å². The molecule has 0 amide bonds. The van der Waals surface area contributed by atoms with E-state index in [2.05, 4.69) is 50.9 Å². The third-order valence-corrected chi connectivity index (χ3v) is 2.85. The van der Waals surface area contributed by atoms with Crippen molar-refractivity contribution in [3.05, 3.63) is 47.3 Å². The molecule has 1 heterocycles. The quantitative estimate of drug-likeness (QED) is 0.671. The summed E-state index contributed by atoms with van der Waals surface area (Å²) in [6.45, 7) is 8.72. The number of hydrogen-bond acceptors (Lipinski definition) is 1. The number of rotatable bonds is 1. The largest absolute Gasteiger partial charge is 0.257 e. The van der Waals surface area contributed by atoms with Gasteiger partial charge in [-0.1, -0.05) is 31.6 Å². The number of nitrogens with zero attached hydrogens (tertiary/aromatic N) is 1. The van der Waals surface area contributed by atoms with E-state index in [1.807, 2.05) is 12.3 Å². The molecule has 1 aliphatic carbocycles. The molecule has 0 aliphatic heterocycles. The van der Waals surface area contributed by atoms with Crippen molar-refractivity contribution in [3.63, 3.8) is 0 Å². The highest BCUT2D eigenvalue weighted by atomic mass is 14.7. The number of hydrogen-bond donors (Lipinski definition) is 0. The number of allylic oxidation sites excluding steroid dienone is 4. The van der Waals surface area contributed by atoms with Gasteiger partial charge in [-0.15, -0.1) is 0 Å². The molecule has 0 radical (unpaired) electrons. The fourth-order valence-electron chi connectivity index (χ4n) is 2.19. The van der Waals surface area contributed by atoms with Crippen molar-refractivity contribution in [3.8, 4) is 0 Å². The van der Waals surface area contributed by atoms with Gasteiger partial charge in [0.15, 0.2) is 0 Å². The minimum atomic E-state index is 0.116. The second-order valence-electron chi connectivity index (χ2n) is 4.89. The molecule has 0 saturated heterocycles. The minimum Gasteiger partial charge on any atom is -0.257 e. The van der Waals surface area contributed by atoms with Gasteiger partial charge in [-0.25, -0.2) is 0 Å². The van der Waals surface area contributed by atoms with Gasteiger partial charge in [-0.05, 0) is 37.1 Å². The Kier molecular flexibility index (Phi) is 2.26. The van der Waals surface area contributed by atoms with Crippen molar-refractivity contribution in [2.45, 2.75) is 27.7 Å². The molecule has 1 aliphatic rings. The van der Waals surface area contributed by atoms with Crippen molar-refractivity contribution in [1.82, 2.24) is 4.98 Å². The van der Waals surface area contributed by atoms with Crippen LogP contribution in [0.3, 0.4) is 0 Å². The van der Waals surface area contributed by atoms with Crippen LogP contribution in [0.1, 0.15) is 32.0 Å². The van der Waals surface area contributed by atoms with Crippen molar-refractivity contribution in [2.75, 3.05) is 0 Å². The molecular weight excluding hydrogens is 182 g/mol. The molecule has 15 heavy (non-hydrogen) atoms. The Balaban J connectivity index is 2.46. The third kappa shape index (κ3) is 1.87. The highest BCUT2D eigenvalue weighted by Crippen LogP contribution is 2.41. The van der Waals surface area contributed by atoms with E-state index in [9.17, 15) is 0 Å². The zero-order valence-corrected chi connectivity index (χ0v) is 9.83. The molecule has 1 nitrogen and oxygen atoms in total. The number of aromatic nitrogens is 1. The molecular formula is C14H17N. The Morgan fingerprint density at radius 2 is 1.93 bits per heavy atom. The summed E-state index contributed by atoms with van der Waals surface area (Å²) in [5, 5.41) is 0. The average molecular weight is 199 g/mol. The Hall–Kier alpha value is -1.37. The molecule has 1 aromatic heterocycles. The predicted molar refractivity (Wildman–Crippen MR) is 64.5 cm³/mol. The standard InChI is InChI=1S/C14H17N/c1-10-5-6-15-13(8-10)12-7-11(2)9-14(12,3)4/h5-9H,1-4H3. The average Bonchev–Trinajstić information content (AvgIpc) is 2.39. The molecule has 0 N–H and O–H groups in total. The normalized spacial score (nSPS) is 18.7. The fourth-order valence-corrected chi connectivity index (χ4v) is 2.19. The Labute approximate surface area is 91.6 Å². The maximum Gasteiger partial charge on any atom is 0.0672 e. The molecule has 0 unspecified atom stereocenters. The Morgan fingerprint density at radius 1 is 1.20 bits per heavy atom. The maximum atomic E-state index is 4.45. The predicted octanol–water partition coefficient (Wildman–Crippen LogP) is 3.76. The highest BCUT2D eigenvalue weighted by molar-refractivity contribution is 5.75. The first-order valence-corrected chi connectivity index (χ1v) is 5.34. The smallest absolute Gasteiger partial charge is 0.0672 e. The van der Waals surface area contributed by atoms with Crippen LogP contribution in [0.2, 0.25) is 0 Å². The van der Waals surface area contributed by atoms with E-state index in [1.54, 1.807) is 0 Å². The summed E-state index contributed by atoms with van der Waals surface area (Å²) in [6, 6.07) is 4.19. The van der Waals surface area contributed by atoms with Crippen LogP contribution in [0, 0.1) is 12.3 Å². The van der Waals surface area contributed by atoms with Gasteiger partial charge in [-0.2, -0.15) is 0 Å². The molecule has 0 atom stereocenters. The summed E-state index contributed by atoms with van der Waals surface area (Å²) >= 11 is 0.